The SMILES string of the molecule is COC(=O)CCCC(O)c1ccc(OC)c(I)n1. The number of methoxy groups -OCH3 is 2. The van der Waals surface area contributed by atoms with E-state index < -0.39 is 6.10 Å². The molecule has 100 valence electrons. The summed E-state index contributed by atoms with van der Waals surface area (Å²) in [7, 11) is 2.93. The molecule has 0 aliphatic rings. The molecule has 1 rings (SSSR count). The molecule has 0 aliphatic heterocycles. The number of hydrogen-bond donors (Lipinski definition) is 1. The number of carbonyl (C=O) groups is 1. The van der Waals surface area contributed by atoms with Gasteiger partial charge in [-0.15, -0.1) is 0 Å². The normalized spacial score (nSPS) is 12.0. The monoisotopic (exact) mass is 365 g/mol. The zero-order valence-electron chi connectivity index (χ0n) is 10.4. The van der Waals surface area contributed by atoms with Crippen LogP contribution in [0.4, 0.5) is 0 Å². The number of hydrogen-bond acceptors (Lipinski definition) is 5. The standard InChI is InChI=1S/C12H16INO4/c1-17-10-7-6-8(14-12(10)13)9(15)4-3-5-11(16)18-2/h6-7,9,15H,3-5H2,1-2H3. The van der Waals surface area contributed by atoms with E-state index in [0.29, 0.717) is 34.4 Å². The third kappa shape index (κ3) is 4.41. The van der Waals surface area contributed by atoms with Crippen LogP contribution >= 0.6 is 22.6 Å². The first-order valence-corrected chi connectivity index (χ1v) is 6.61. The Morgan fingerprint density at radius 3 is 2.78 bits per heavy atom. The van der Waals surface area contributed by atoms with Crippen LogP contribution in [0, 0.1) is 3.70 Å². The molecule has 1 N–H and O–H groups in total. The molecular formula is C12H16INO4. The third-order valence-electron chi connectivity index (χ3n) is 2.48. The molecule has 18 heavy (non-hydrogen) atoms. The number of pyridine rings is 1. The van der Waals surface area contributed by atoms with Crippen molar-refractivity contribution in [2.24, 2.45) is 0 Å². The average molecular weight is 365 g/mol. The maximum atomic E-state index is 10.9. The van der Waals surface area contributed by atoms with Crippen molar-refractivity contribution < 1.29 is 19.4 Å². The summed E-state index contributed by atoms with van der Waals surface area (Å²) in [5, 5.41) is 9.94. The van der Waals surface area contributed by atoms with Crippen molar-refractivity contribution >= 4 is 28.6 Å². The van der Waals surface area contributed by atoms with E-state index in [1.54, 1.807) is 19.2 Å². The fraction of sp³-hybridized carbons (Fsp3) is 0.500. The highest BCUT2D eigenvalue weighted by molar-refractivity contribution is 14.1. The van der Waals surface area contributed by atoms with Gasteiger partial charge in [0.15, 0.2) is 5.75 Å². The van der Waals surface area contributed by atoms with Gasteiger partial charge < -0.3 is 14.6 Å². The molecular weight excluding hydrogens is 349 g/mol. The molecule has 1 atom stereocenters. The number of nitrogens with zero attached hydrogens (tertiary/aromatic N) is 1. The average Bonchev–Trinajstić information content (AvgIpc) is 2.38. The minimum absolute atomic E-state index is 0.264. The highest BCUT2D eigenvalue weighted by Crippen LogP contribution is 2.23. The minimum Gasteiger partial charge on any atom is -0.494 e. The maximum Gasteiger partial charge on any atom is 0.305 e. The Morgan fingerprint density at radius 2 is 2.22 bits per heavy atom. The van der Waals surface area contributed by atoms with Gasteiger partial charge >= 0.3 is 5.97 Å². The smallest absolute Gasteiger partial charge is 0.305 e. The van der Waals surface area contributed by atoms with Gasteiger partial charge in [-0.3, -0.25) is 4.79 Å². The summed E-state index contributed by atoms with van der Waals surface area (Å²) in [6, 6.07) is 3.50. The summed E-state index contributed by atoms with van der Waals surface area (Å²) in [6.45, 7) is 0. The third-order valence-corrected chi connectivity index (χ3v) is 3.26. The largest absolute Gasteiger partial charge is 0.494 e. The summed E-state index contributed by atoms with van der Waals surface area (Å²) in [4.78, 5) is 15.2. The van der Waals surface area contributed by atoms with E-state index in [-0.39, 0.29) is 5.97 Å². The molecule has 0 bridgehead atoms. The Bertz CT molecular complexity index is 411. The van der Waals surface area contributed by atoms with Crippen molar-refractivity contribution in [3.63, 3.8) is 0 Å². The van der Waals surface area contributed by atoms with Gasteiger partial charge in [0.2, 0.25) is 0 Å². The van der Waals surface area contributed by atoms with E-state index in [4.69, 9.17) is 4.74 Å². The van der Waals surface area contributed by atoms with Crippen LogP contribution in [0.25, 0.3) is 0 Å². The molecule has 1 unspecified atom stereocenters. The maximum absolute atomic E-state index is 10.9. The zero-order valence-corrected chi connectivity index (χ0v) is 12.5. The Hall–Kier alpha value is -0.890. The molecule has 0 aliphatic carbocycles. The predicted octanol–water partition coefficient (Wildman–Crippen LogP) is 2.07. The molecule has 0 radical (unpaired) electrons. The van der Waals surface area contributed by atoms with E-state index in [0.717, 1.165) is 0 Å². The molecule has 6 heteroatoms. The van der Waals surface area contributed by atoms with Crippen molar-refractivity contribution in [3.05, 3.63) is 21.5 Å². The number of aliphatic hydroxyl groups excluding tert-OH is 1. The van der Waals surface area contributed by atoms with E-state index in [2.05, 4.69) is 32.3 Å². The Labute approximate surface area is 120 Å². The van der Waals surface area contributed by atoms with Gasteiger partial charge in [0.05, 0.1) is 26.0 Å². The molecule has 0 fully saturated rings. The summed E-state index contributed by atoms with van der Waals surface area (Å²) in [5.41, 5.74) is 0.588. The van der Waals surface area contributed by atoms with Crippen molar-refractivity contribution in [3.8, 4) is 5.75 Å². The van der Waals surface area contributed by atoms with Crippen LogP contribution in [0.5, 0.6) is 5.75 Å². The topological polar surface area (TPSA) is 68.7 Å². The van der Waals surface area contributed by atoms with Crippen LogP contribution in [0.1, 0.15) is 31.1 Å². The van der Waals surface area contributed by atoms with Crippen LogP contribution in [-0.4, -0.2) is 30.3 Å². The number of ether oxygens (including phenoxy) is 2. The van der Waals surface area contributed by atoms with Gasteiger partial charge in [-0.05, 0) is 47.6 Å². The molecule has 0 spiro atoms. The molecule has 5 nitrogen and oxygen atoms in total. The molecule has 1 aromatic heterocycles. The number of aromatic nitrogens is 1. The first kappa shape index (κ1) is 15.2. The quantitative estimate of drug-likeness (QED) is 0.475. The number of rotatable bonds is 6. The van der Waals surface area contributed by atoms with Crippen LogP contribution in [-0.2, 0) is 9.53 Å². The van der Waals surface area contributed by atoms with Gasteiger partial charge in [0.1, 0.15) is 3.70 Å². The summed E-state index contributed by atoms with van der Waals surface area (Å²) >= 11 is 2.05. The van der Waals surface area contributed by atoms with Crippen LogP contribution in [0.3, 0.4) is 0 Å². The van der Waals surface area contributed by atoms with Crippen molar-refractivity contribution in [1.29, 1.82) is 0 Å². The van der Waals surface area contributed by atoms with E-state index in [1.165, 1.54) is 7.11 Å². The van der Waals surface area contributed by atoms with Crippen molar-refractivity contribution in [2.45, 2.75) is 25.4 Å². The molecule has 0 amide bonds. The van der Waals surface area contributed by atoms with Gasteiger partial charge in [-0.1, -0.05) is 0 Å². The zero-order chi connectivity index (χ0) is 13.5. The lowest BCUT2D eigenvalue weighted by atomic mass is 10.1. The second-order valence-corrected chi connectivity index (χ2v) is 4.74. The second-order valence-electron chi connectivity index (χ2n) is 3.71. The van der Waals surface area contributed by atoms with Crippen LogP contribution in [0.15, 0.2) is 12.1 Å². The molecule has 0 aromatic carbocycles. The number of aliphatic hydroxyl groups is 1. The second kappa shape index (κ2) is 7.52. The highest BCUT2D eigenvalue weighted by atomic mass is 127. The summed E-state index contributed by atoms with van der Waals surface area (Å²) in [5.74, 6) is 0.417. The van der Waals surface area contributed by atoms with E-state index in [1.807, 2.05) is 0 Å². The molecule has 0 saturated carbocycles. The molecule has 0 saturated heterocycles. The number of carbonyl (C=O) groups excluding carboxylic acids is 1. The van der Waals surface area contributed by atoms with E-state index in [9.17, 15) is 9.90 Å². The molecule has 1 heterocycles. The van der Waals surface area contributed by atoms with Crippen LogP contribution < -0.4 is 4.74 Å². The van der Waals surface area contributed by atoms with Gasteiger partial charge in [0, 0.05) is 6.42 Å². The van der Waals surface area contributed by atoms with Gasteiger partial charge in [-0.25, -0.2) is 4.98 Å². The highest BCUT2D eigenvalue weighted by Gasteiger charge is 2.12. The summed E-state index contributed by atoms with van der Waals surface area (Å²) < 4.78 is 10.3. The van der Waals surface area contributed by atoms with E-state index >= 15 is 0 Å². The first-order valence-electron chi connectivity index (χ1n) is 5.53. The Morgan fingerprint density at radius 1 is 1.50 bits per heavy atom. The lowest BCUT2D eigenvalue weighted by molar-refractivity contribution is -0.140. The lowest BCUT2D eigenvalue weighted by Crippen LogP contribution is -2.05. The van der Waals surface area contributed by atoms with Gasteiger partial charge in [0.25, 0.3) is 0 Å². The molecule has 1 aromatic rings. The predicted molar refractivity (Wildman–Crippen MR) is 74.3 cm³/mol. The first-order chi connectivity index (χ1) is 8.58. The number of halogens is 1. The Kier molecular flexibility index (Phi) is 6.34. The van der Waals surface area contributed by atoms with Crippen molar-refractivity contribution in [2.75, 3.05) is 14.2 Å². The fourth-order valence-corrected chi connectivity index (χ4v) is 2.14. The van der Waals surface area contributed by atoms with Crippen molar-refractivity contribution in [1.82, 2.24) is 4.98 Å². The Balaban J connectivity index is 2.53. The summed E-state index contributed by atoms with van der Waals surface area (Å²) in [6.07, 6.45) is 0.678. The fourth-order valence-electron chi connectivity index (χ4n) is 1.46. The minimum atomic E-state index is -0.672. The van der Waals surface area contributed by atoms with Crippen LogP contribution in [0.2, 0.25) is 0 Å². The number of esters is 1. The lowest BCUT2D eigenvalue weighted by Gasteiger charge is -2.11. The van der Waals surface area contributed by atoms with Gasteiger partial charge in [-0.2, -0.15) is 0 Å².